The van der Waals surface area contributed by atoms with Crippen LogP contribution in [0.4, 0.5) is 5.69 Å². The van der Waals surface area contributed by atoms with Gasteiger partial charge in [-0.1, -0.05) is 0 Å². The lowest BCUT2D eigenvalue weighted by atomic mass is 10.0. The Morgan fingerprint density at radius 2 is 2.00 bits per heavy atom. The second kappa shape index (κ2) is 4.13. The molecule has 0 radical (unpaired) electrons. The molecule has 4 nitrogen and oxygen atoms in total. The predicted octanol–water partition coefficient (Wildman–Crippen LogP) is 0.0481. The molecule has 0 bridgehead atoms. The molecule has 1 rings (SSSR count). The Morgan fingerprint density at radius 3 is 2.40 bits per heavy atom. The summed E-state index contributed by atoms with van der Waals surface area (Å²) in [6.45, 7) is 3.20. The molecule has 0 aliphatic heterocycles. The van der Waals surface area contributed by atoms with Gasteiger partial charge >= 0.3 is 0 Å². The van der Waals surface area contributed by atoms with Crippen LogP contribution in [0.2, 0.25) is 0 Å². The van der Waals surface area contributed by atoms with Crippen LogP contribution in [0, 0.1) is 0 Å². The highest BCUT2D eigenvalue weighted by Crippen LogP contribution is 2.29. The highest BCUT2D eigenvalue weighted by atomic mass is 16.5. The van der Waals surface area contributed by atoms with Crippen molar-refractivity contribution in [2.24, 2.45) is 0 Å². The van der Waals surface area contributed by atoms with Crippen LogP contribution in [0.5, 0.6) is 5.75 Å². The minimum atomic E-state index is -0.0747. The Kier molecular flexibility index (Phi) is 3.09. The zero-order valence-corrected chi connectivity index (χ0v) is 9.13. The molecule has 4 N–H and O–H groups in total. The van der Waals surface area contributed by atoms with Crippen molar-refractivity contribution in [1.29, 1.82) is 0 Å². The number of ether oxygens (including phenoxy) is 1. The molecule has 0 spiro atoms. The van der Waals surface area contributed by atoms with Crippen LogP contribution in [0.3, 0.4) is 0 Å². The van der Waals surface area contributed by atoms with Crippen molar-refractivity contribution >= 4 is 17.2 Å². The van der Waals surface area contributed by atoms with E-state index < -0.39 is 0 Å². The van der Waals surface area contributed by atoms with Crippen LogP contribution in [-0.4, -0.2) is 18.6 Å². The summed E-state index contributed by atoms with van der Waals surface area (Å²) in [5, 5.41) is 5.71. The Morgan fingerprint density at radius 1 is 1.40 bits per heavy atom. The molecular formula is C11H15N2O2+. The number of rotatable bonds is 3. The number of benzene rings is 1. The summed E-state index contributed by atoms with van der Waals surface area (Å²) in [6.07, 6.45) is 0. The lowest BCUT2D eigenvalue weighted by molar-refractivity contribution is -0.113. The van der Waals surface area contributed by atoms with Gasteiger partial charge in [0.05, 0.1) is 12.7 Å². The molecule has 0 heterocycles. The lowest BCUT2D eigenvalue weighted by Crippen LogP contribution is -2.38. The molecule has 1 aromatic rings. The topological polar surface area (TPSA) is 77.9 Å². The molecule has 0 amide bonds. The Bertz CT molecular complexity index is 425. The van der Waals surface area contributed by atoms with Crippen LogP contribution in [0.25, 0.3) is 0 Å². The number of nitrogen functional groups attached to an aromatic ring is 1. The molecule has 0 unspecified atom stereocenters. The molecule has 0 fully saturated rings. The van der Waals surface area contributed by atoms with Gasteiger partial charge in [0.15, 0.2) is 11.5 Å². The average Bonchev–Trinajstić information content (AvgIpc) is 2.15. The number of carbonyl (C=O) groups excluding carboxylic acids is 1. The van der Waals surface area contributed by atoms with E-state index in [-0.39, 0.29) is 5.78 Å². The van der Waals surface area contributed by atoms with Crippen LogP contribution in [0.15, 0.2) is 12.1 Å². The molecule has 80 valence electrons. The molecule has 1 aromatic carbocycles. The Balaban J connectivity index is 3.54. The summed E-state index contributed by atoms with van der Waals surface area (Å²) in [5.41, 5.74) is 7.91. The SMILES string of the molecule is COc1c(C(C)=O)ccc(N)c1C(C)=[NH2+]. The summed E-state index contributed by atoms with van der Waals surface area (Å²) >= 11 is 0. The van der Waals surface area contributed by atoms with Crippen LogP contribution in [-0.2, 0) is 0 Å². The van der Waals surface area contributed by atoms with Crippen molar-refractivity contribution in [3.05, 3.63) is 23.3 Å². The van der Waals surface area contributed by atoms with Crippen molar-refractivity contribution in [2.75, 3.05) is 12.8 Å². The van der Waals surface area contributed by atoms with Gasteiger partial charge in [0.2, 0.25) is 0 Å². The molecule has 0 aliphatic rings. The summed E-state index contributed by atoms with van der Waals surface area (Å²) in [7, 11) is 1.49. The molecular weight excluding hydrogens is 192 g/mol. The number of nitrogens with two attached hydrogens (primary N) is 2. The van der Waals surface area contributed by atoms with Crippen molar-refractivity contribution in [3.63, 3.8) is 0 Å². The van der Waals surface area contributed by atoms with Gasteiger partial charge in [-0.2, -0.15) is 0 Å². The average molecular weight is 207 g/mol. The van der Waals surface area contributed by atoms with E-state index in [4.69, 9.17) is 15.9 Å². The molecule has 0 saturated carbocycles. The second-order valence-corrected chi connectivity index (χ2v) is 3.35. The largest absolute Gasteiger partial charge is 0.495 e. The van der Waals surface area contributed by atoms with Crippen molar-refractivity contribution in [1.82, 2.24) is 0 Å². The number of anilines is 1. The van der Waals surface area contributed by atoms with Gasteiger partial charge < -0.3 is 10.5 Å². The third-order valence-electron chi connectivity index (χ3n) is 2.17. The first kappa shape index (κ1) is 11.2. The van der Waals surface area contributed by atoms with Crippen LogP contribution in [0.1, 0.15) is 29.8 Å². The Labute approximate surface area is 88.6 Å². The third kappa shape index (κ3) is 1.98. The predicted molar refractivity (Wildman–Crippen MR) is 59.1 cm³/mol. The smallest absolute Gasteiger partial charge is 0.182 e. The van der Waals surface area contributed by atoms with E-state index in [2.05, 4.69) is 0 Å². The summed E-state index contributed by atoms with van der Waals surface area (Å²) in [6, 6.07) is 3.30. The summed E-state index contributed by atoms with van der Waals surface area (Å²) < 4.78 is 5.18. The number of methoxy groups -OCH3 is 1. The first-order chi connectivity index (χ1) is 6.99. The minimum Gasteiger partial charge on any atom is -0.495 e. The van der Waals surface area contributed by atoms with E-state index in [1.807, 2.05) is 0 Å². The van der Waals surface area contributed by atoms with Gasteiger partial charge in [0.25, 0.3) is 0 Å². The maximum absolute atomic E-state index is 11.3. The van der Waals surface area contributed by atoms with E-state index in [0.717, 1.165) is 0 Å². The standard InChI is InChI=1S/C11H14N2O2/c1-6(12)10-9(13)5-4-8(7(2)14)11(10)15-3/h4-5,12H,13H2,1-3H3/p+1. The number of hydrogen-bond donors (Lipinski definition) is 2. The van der Waals surface area contributed by atoms with E-state index in [1.54, 1.807) is 19.1 Å². The van der Waals surface area contributed by atoms with Crippen LogP contribution >= 0.6 is 0 Å². The van der Waals surface area contributed by atoms with E-state index >= 15 is 0 Å². The van der Waals surface area contributed by atoms with Crippen molar-refractivity contribution in [2.45, 2.75) is 13.8 Å². The Hall–Kier alpha value is -1.84. The molecule has 4 heteroatoms. The number of hydrogen-bond acceptors (Lipinski definition) is 3. The maximum Gasteiger partial charge on any atom is 0.182 e. The summed E-state index contributed by atoms with van der Waals surface area (Å²) in [5.74, 6) is 0.372. The molecule has 15 heavy (non-hydrogen) atoms. The zero-order chi connectivity index (χ0) is 11.6. The van der Waals surface area contributed by atoms with E-state index in [9.17, 15) is 4.79 Å². The van der Waals surface area contributed by atoms with Crippen LogP contribution < -0.4 is 15.9 Å². The third-order valence-corrected chi connectivity index (χ3v) is 2.17. The molecule has 0 aliphatic carbocycles. The minimum absolute atomic E-state index is 0.0747. The molecule has 0 aromatic heterocycles. The highest BCUT2D eigenvalue weighted by molar-refractivity contribution is 6.07. The monoisotopic (exact) mass is 207 g/mol. The quantitative estimate of drug-likeness (QED) is 0.417. The fourth-order valence-corrected chi connectivity index (χ4v) is 1.49. The molecule has 0 saturated heterocycles. The fourth-order valence-electron chi connectivity index (χ4n) is 1.49. The second-order valence-electron chi connectivity index (χ2n) is 3.35. The number of ketones is 1. The number of Topliss-reactive ketones (excluding diaryl/α,β-unsaturated/α-hetero) is 1. The van der Waals surface area contributed by atoms with Crippen molar-refractivity contribution < 1.29 is 14.9 Å². The van der Waals surface area contributed by atoms with Gasteiger partial charge in [-0.15, -0.1) is 0 Å². The first-order valence-electron chi connectivity index (χ1n) is 4.55. The van der Waals surface area contributed by atoms with Gasteiger partial charge in [-0.05, 0) is 19.1 Å². The van der Waals surface area contributed by atoms with Gasteiger partial charge in [0.1, 0.15) is 11.3 Å². The van der Waals surface area contributed by atoms with Crippen molar-refractivity contribution in [3.8, 4) is 5.75 Å². The van der Waals surface area contributed by atoms with Gasteiger partial charge in [-0.25, -0.2) is 0 Å². The van der Waals surface area contributed by atoms with E-state index in [1.165, 1.54) is 14.0 Å². The van der Waals surface area contributed by atoms with Gasteiger partial charge in [0, 0.05) is 12.6 Å². The zero-order valence-electron chi connectivity index (χ0n) is 9.13. The highest BCUT2D eigenvalue weighted by Gasteiger charge is 2.19. The fraction of sp³-hybridized carbons (Fsp3) is 0.273. The van der Waals surface area contributed by atoms with E-state index in [0.29, 0.717) is 28.3 Å². The molecule has 0 atom stereocenters. The normalized spacial score (nSPS) is 9.80. The maximum atomic E-state index is 11.3. The summed E-state index contributed by atoms with van der Waals surface area (Å²) in [4.78, 5) is 11.3. The number of carbonyl (C=O) groups is 1. The lowest BCUT2D eigenvalue weighted by Gasteiger charge is -2.11. The first-order valence-corrected chi connectivity index (χ1v) is 4.55. The van der Waals surface area contributed by atoms with Gasteiger partial charge in [-0.3, -0.25) is 10.2 Å².